The number of anilines is 2. The molecule has 0 spiro atoms. The molecule has 1 aliphatic carbocycles. The summed E-state index contributed by atoms with van der Waals surface area (Å²) in [5.74, 6) is -1.35. The number of carboxylic acid groups (broad SMARTS) is 1. The molecule has 2 aromatic heterocycles. The van der Waals surface area contributed by atoms with E-state index in [0.29, 0.717) is 11.3 Å². The largest absolute Gasteiger partial charge is 0.476 e. The second kappa shape index (κ2) is 7.79. The molecule has 8 nitrogen and oxygen atoms in total. The van der Waals surface area contributed by atoms with Gasteiger partial charge in [0.25, 0.3) is 0 Å². The number of nitrogens with one attached hydrogen (secondary N) is 2. The Labute approximate surface area is 157 Å². The molecule has 0 bridgehead atoms. The van der Waals surface area contributed by atoms with Gasteiger partial charge < -0.3 is 10.4 Å². The highest BCUT2D eigenvalue weighted by Gasteiger charge is 2.26. The number of hydrogen-bond acceptors (Lipinski definition) is 6. The van der Waals surface area contributed by atoms with Crippen molar-refractivity contribution in [2.45, 2.75) is 25.7 Å². The van der Waals surface area contributed by atoms with Gasteiger partial charge in [-0.05, 0) is 18.9 Å². The maximum Gasteiger partial charge on any atom is 0.357 e. The minimum absolute atomic E-state index is 0.0312. The van der Waals surface area contributed by atoms with Crippen molar-refractivity contribution in [3.8, 4) is 0 Å². The molecule has 0 aromatic carbocycles. The van der Waals surface area contributed by atoms with Gasteiger partial charge in [0, 0.05) is 18.3 Å². The lowest BCUT2D eigenvalue weighted by molar-refractivity contribution is 0.0691. The van der Waals surface area contributed by atoms with Crippen molar-refractivity contribution in [3.63, 3.8) is 0 Å². The summed E-state index contributed by atoms with van der Waals surface area (Å²) in [6.45, 7) is 0. The van der Waals surface area contributed by atoms with Crippen molar-refractivity contribution in [3.05, 3.63) is 34.1 Å². The minimum Gasteiger partial charge on any atom is -0.476 e. The molecule has 136 valence electrons. The third-order valence-electron chi connectivity index (χ3n) is 4.07. The summed E-state index contributed by atoms with van der Waals surface area (Å²) in [5.41, 5.74) is 0.376. The van der Waals surface area contributed by atoms with Crippen LogP contribution >= 0.6 is 22.9 Å². The topological polar surface area (TPSA) is 121 Å². The number of ketones is 1. The van der Waals surface area contributed by atoms with Crippen LogP contribution < -0.4 is 10.6 Å². The molecule has 0 radical (unpaired) electrons. The number of carbonyl (C=O) groups is 3. The third-order valence-corrected chi connectivity index (χ3v) is 5.24. The highest BCUT2D eigenvalue weighted by Crippen LogP contribution is 2.31. The van der Waals surface area contributed by atoms with Gasteiger partial charge in [0.15, 0.2) is 16.6 Å². The van der Waals surface area contributed by atoms with Crippen molar-refractivity contribution in [1.82, 2.24) is 9.97 Å². The Bertz CT molecular complexity index is 864. The number of nitrogens with zero attached hydrogens (tertiary/aromatic N) is 2. The Morgan fingerprint density at radius 3 is 2.62 bits per heavy atom. The molecule has 10 heteroatoms. The Kier molecular flexibility index (Phi) is 5.48. The van der Waals surface area contributed by atoms with Crippen molar-refractivity contribution in [1.29, 1.82) is 0 Å². The first-order valence-electron chi connectivity index (χ1n) is 7.91. The van der Waals surface area contributed by atoms with Gasteiger partial charge in [-0.3, -0.25) is 15.1 Å². The number of aromatic nitrogens is 2. The molecule has 1 aliphatic rings. The third kappa shape index (κ3) is 4.00. The van der Waals surface area contributed by atoms with Gasteiger partial charge in [-0.2, -0.15) is 0 Å². The Morgan fingerprint density at radius 1 is 1.23 bits per heavy atom. The van der Waals surface area contributed by atoms with Crippen LogP contribution in [0.3, 0.4) is 0 Å². The van der Waals surface area contributed by atoms with Crippen LogP contribution in [0, 0.1) is 5.92 Å². The normalized spacial score (nSPS) is 14.2. The van der Waals surface area contributed by atoms with E-state index in [9.17, 15) is 14.4 Å². The molecule has 2 heterocycles. The first-order valence-corrected chi connectivity index (χ1v) is 9.11. The summed E-state index contributed by atoms with van der Waals surface area (Å²) in [7, 11) is 0. The molecular formula is C16H15ClN4O4S. The zero-order valence-corrected chi connectivity index (χ0v) is 15.1. The van der Waals surface area contributed by atoms with Crippen LogP contribution in [0.25, 0.3) is 0 Å². The second-order valence-electron chi connectivity index (χ2n) is 5.79. The number of carboxylic acids is 1. The molecule has 0 saturated heterocycles. The van der Waals surface area contributed by atoms with Crippen LogP contribution in [0.1, 0.15) is 46.5 Å². The summed E-state index contributed by atoms with van der Waals surface area (Å²) in [6, 6.07) is 0.887. The first kappa shape index (κ1) is 18.3. The molecule has 0 aliphatic heterocycles. The molecular weight excluding hydrogens is 380 g/mol. The number of hydrogen-bond donors (Lipinski definition) is 3. The van der Waals surface area contributed by atoms with Crippen LogP contribution in [-0.4, -0.2) is 32.9 Å². The molecule has 2 amide bonds. The summed E-state index contributed by atoms with van der Waals surface area (Å²) < 4.78 is -0.0335. The minimum atomic E-state index is -1.28. The smallest absolute Gasteiger partial charge is 0.357 e. The quantitative estimate of drug-likeness (QED) is 0.661. The van der Waals surface area contributed by atoms with Gasteiger partial charge in [0.2, 0.25) is 0 Å². The number of aromatic carboxylic acids is 1. The number of thiazole rings is 1. The molecule has 1 fully saturated rings. The second-order valence-corrected chi connectivity index (χ2v) is 7.39. The SMILES string of the molecule is O=C(Nc1nc(C(=O)O)c(Cl)s1)Nc1ccncc1C(=O)C1CCCC1. The van der Waals surface area contributed by atoms with E-state index in [1.165, 1.54) is 12.4 Å². The Morgan fingerprint density at radius 2 is 1.96 bits per heavy atom. The summed E-state index contributed by atoms with van der Waals surface area (Å²) in [4.78, 5) is 43.5. The van der Waals surface area contributed by atoms with Gasteiger partial charge in [-0.25, -0.2) is 14.6 Å². The highest BCUT2D eigenvalue weighted by atomic mass is 35.5. The molecule has 1 saturated carbocycles. The van der Waals surface area contributed by atoms with Crippen LogP contribution in [0.2, 0.25) is 4.34 Å². The zero-order valence-electron chi connectivity index (χ0n) is 13.5. The summed E-state index contributed by atoms with van der Waals surface area (Å²) in [6.07, 6.45) is 6.65. The fourth-order valence-corrected chi connectivity index (χ4v) is 3.87. The van der Waals surface area contributed by atoms with Crippen molar-refractivity contribution < 1.29 is 19.5 Å². The number of urea groups is 1. The average molecular weight is 395 g/mol. The number of amides is 2. The van der Waals surface area contributed by atoms with E-state index in [4.69, 9.17) is 16.7 Å². The fourth-order valence-electron chi connectivity index (χ4n) is 2.85. The van der Waals surface area contributed by atoms with Crippen LogP contribution in [0.15, 0.2) is 18.5 Å². The standard InChI is InChI=1S/C16H15ClN4O4S/c17-13-11(14(23)24)20-16(26-13)21-15(25)19-10-5-6-18-7-9(10)12(22)8-3-1-2-4-8/h5-8H,1-4H2,(H,23,24)(H2,18,19,20,21,25). The van der Waals surface area contributed by atoms with Crippen LogP contribution in [0.5, 0.6) is 0 Å². The van der Waals surface area contributed by atoms with Gasteiger partial charge in [-0.1, -0.05) is 35.8 Å². The van der Waals surface area contributed by atoms with E-state index in [1.807, 2.05) is 0 Å². The average Bonchev–Trinajstić information content (AvgIpc) is 3.24. The molecule has 2 aromatic rings. The van der Waals surface area contributed by atoms with Crippen LogP contribution in [-0.2, 0) is 0 Å². The van der Waals surface area contributed by atoms with E-state index in [0.717, 1.165) is 37.0 Å². The summed E-state index contributed by atoms with van der Waals surface area (Å²) in [5, 5.41) is 14.0. The predicted octanol–water partition coefficient (Wildman–Crippen LogP) is 3.91. The molecule has 0 atom stereocenters. The maximum absolute atomic E-state index is 12.6. The van der Waals surface area contributed by atoms with E-state index in [-0.39, 0.29) is 26.9 Å². The van der Waals surface area contributed by atoms with Gasteiger partial charge >= 0.3 is 12.0 Å². The van der Waals surface area contributed by atoms with E-state index >= 15 is 0 Å². The number of pyridine rings is 1. The number of rotatable bonds is 5. The van der Waals surface area contributed by atoms with E-state index in [2.05, 4.69) is 20.6 Å². The zero-order chi connectivity index (χ0) is 18.7. The lowest BCUT2D eigenvalue weighted by atomic mass is 9.96. The van der Waals surface area contributed by atoms with Gasteiger partial charge in [0.1, 0.15) is 4.34 Å². The lowest BCUT2D eigenvalue weighted by Crippen LogP contribution is -2.22. The van der Waals surface area contributed by atoms with Crippen molar-refractivity contribution >= 4 is 51.5 Å². The first-order chi connectivity index (χ1) is 12.5. The fraction of sp³-hybridized carbons (Fsp3) is 0.312. The lowest BCUT2D eigenvalue weighted by Gasteiger charge is -2.13. The number of Topliss-reactive ketones (excluding diaryl/α,β-unsaturated/α-hetero) is 1. The summed E-state index contributed by atoms with van der Waals surface area (Å²) >= 11 is 6.61. The van der Waals surface area contributed by atoms with Crippen molar-refractivity contribution in [2.75, 3.05) is 10.6 Å². The van der Waals surface area contributed by atoms with E-state index in [1.54, 1.807) is 6.07 Å². The van der Waals surface area contributed by atoms with Crippen LogP contribution in [0.4, 0.5) is 15.6 Å². The van der Waals surface area contributed by atoms with Crippen molar-refractivity contribution in [2.24, 2.45) is 5.92 Å². The monoisotopic (exact) mass is 394 g/mol. The predicted molar refractivity (Wildman–Crippen MR) is 97.3 cm³/mol. The van der Waals surface area contributed by atoms with Gasteiger partial charge in [-0.15, -0.1) is 0 Å². The molecule has 3 rings (SSSR count). The molecule has 3 N–H and O–H groups in total. The highest BCUT2D eigenvalue weighted by molar-refractivity contribution is 7.20. The Balaban J connectivity index is 1.72. The molecule has 0 unspecified atom stereocenters. The molecule has 26 heavy (non-hydrogen) atoms. The van der Waals surface area contributed by atoms with Gasteiger partial charge in [0.05, 0.1) is 11.3 Å². The maximum atomic E-state index is 12.6. The Hall–Kier alpha value is -2.52. The number of carbonyl (C=O) groups excluding carboxylic acids is 2. The van der Waals surface area contributed by atoms with E-state index < -0.39 is 12.0 Å². The number of halogens is 1.